The van der Waals surface area contributed by atoms with Gasteiger partial charge in [0.1, 0.15) is 5.25 Å². The lowest BCUT2D eigenvalue weighted by Crippen LogP contribution is -2.41. The van der Waals surface area contributed by atoms with Crippen LogP contribution in [0.1, 0.15) is 25.3 Å². The van der Waals surface area contributed by atoms with Crippen LogP contribution in [0.15, 0.2) is 24.3 Å². The third-order valence-electron chi connectivity index (χ3n) is 4.01. The number of hydrogen-bond donors (Lipinski definition) is 0. The number of hydrogen-bond acceptors (Lipinski definition) is 4. The number of amides is 1. The Morgan fingerprint density at radius 1 is 1.48 bits per heavy atom. The second-order valence-corrected chi connectivity index (χ2v) is 8.73. The van der Waals surface area contributed by atoms with E-state index in [1.54, 1.807) is 25.2 Å². The van der Waals surface area contributed by atoms with Crippen LogP contribution < -0.4 is 0 Å². The van der Waals surface area contributed by atoms with E-state index >= 15 is 0 Å². The fourth-order valence-electron chi connectivity index (χ4n) is 2.63. The van der Waals surface area contributed by atoms with Crippen LogP contribution in [-0.2, 0) is 25.9 Å². The van der Waals surface area contributed by atoms with Gasteiger partial charge in [0, 0.05) is 25.2 Å². The fourth-order valence-corrected chi connectivity index (χ4v) is 4.40. The normalized spacial score (nSPS) is 19.5. The number of rotatable bonds is 6. The van der Waals surface area contributed by atoms with Crippen LogP contribution in [0, 0.1) is 0 Å². The summed E-state index contributed by atoms with van der Waals surface area (Å²) >= 11 is 5.92. The highest BCUT2D eigenvalue weighted by atomic mass is 35.5. The van der Waals surface area contributed by atoms with Gasteiger partial charge in [0.25, 0.3) is 0 Å². The van der Waals surface area contributed by atoms with Crippen LogP contribution >= 0.6 is 11.6 Å². The molecule has 0 N–H and O–H groups in total. The first-order valence-electron chi connectivity index (χ1n) is 7.62. The first kappa shape index (κ1) is 18.2. The quantitative estimate of drug-likeness (QED) is 0.781. The van der Waals surface area contributed by atoms with Crippen molar-refractivity contribution in [3.63, 3.8) is 0 Å². The van der Waals surface area contributed by atoms with Crippen molar-refractivity contribution in [2.45, 2.75) is 37.7 Å². The summed E-state index contributed by atoms with van der Waals surface area (Å²) in [4.78, 5) is 13.8. The molecule has 2 rings (SSSR count). The average Bonchev–Trinajstić information content (AvgIpc) is 2.97. The molecule has 2 unspecified atom stereocenters. The maximum atomic E-state index is 12.4. The third kappa shape index (κ3) is 4.93. The minimum atomic E-state index is -3.53. The van der Waals surface area contributed by atoms with Crippen molar-refractivity contribution in [1.29, 1.82) is 0 Å². The Balaban J connectivity index is 1.99. The standard InChI is InChI=1S/C16H22ClNO4S/c1-12(23(20,21)11-15-7-4-8-22-15)16(19)18(2)10-13-5-3-6-14(17)9-13/h3,5-6,9,12,15H,4,7-8,10-11H2,1-2H3. The van der Waals surface area contributed by atoms with Gasteiger partial charge in [-0.25, -0.2) is 8.42 Å². The van der Waals surface area contributed by atoms with Crippen molar-refractivity contribution in [2.75, 3.05) is 19.4 Å². The Bertz CT molecular complexity index is 656. The SMILES string of the molecule is CC(C(=O)N(C)Cc1cccc(Cl)c1)S(=O)(=O)CC1CCCO1. The smallest absolute Gasteiger partial charge is 0.240 e. The minimum absolute atomic E-state index is 0.0923. The number of nitrogens with zero attached hydrogens (tertiary/aromatic N) is 1. The van der Waals surface area contributed by atoms with Gasteiger partial charge >= 0.3 is 0 Å². The molecule has 1 aromatic carbocycles. The van der Waals surface area contributed by atoms with Gasteiger partial charge in [0.2, 0.25) is 5.91 Å². The summed E-state index contributed by atoms with van der Waals surface area (Å²) in [5.41, 5.74) is 0.858. The van der Waals surface area contributed by atoms with Crippen molar-refractivity contribution >= 4 is 27.3 Å². The largest absolute Gasteiger partial charge is 0.377 e. The van der Waals surface area contributed by atoms with Crippen molar-refractivity contribution in [2.24, 2.45) is 0 Å². The van der Waals surface area contributed by atoms with Crippen molar-refractivity contribution < 1.29 is 17.9 Å². The van der Waals surface area contributed by atoms with Crippen LogP contribution in [0.3, 0.4) is 0 Å². The molecule has 1 saturated heterocycles. The predicted octanol–water partition coefficient (Wildman–Crippen LogP) is 2.28. The molecule has 2 atom stereocenters. The Morgan fingerprint density at radius 2 is 2.22 bits per heavy atom. The first-order valence-corrected chi connectivity index (χ1v) is 9.71. The van der Waals surface area contributed by atoms with Crippen LogP contribution in [0.4, 0.5) is 0 Å². The van der Waals surface area contributed by atoms with Crippen molar-refractivity contribution in [3.05, 3.63) is 34.9 Å². The number of carbonyl (C=O) groups is 1. The molecule has 0 bridgehead atoms. The summed E-state index contributed by atoms with van der Waals surface area (Å²) in [6, 6.07) is 7.16. The second-order valence-electron chi connectivity index (χ2n) is 5.93. The molecular weight excluding hydrogens is 338 g/mol. The molecule has 128 valence electrons. The van der Waals surface area contributed by atoms with Gasteiger partial charge in [0.15, 0.2) is 9.84 Å². The van der Waals surface area contributed by atoms with Crippen LogP contribution in [0.2, 0.25) is 5.02 Å². The van der Waals surface area contributed by atoms with Gasteiger partial charge in [-0.1, -0.05) is 23.7 Å². The zero-order valence-corrected chi connectivity index (χ0v) is 14.9. The lowest BCUT2D eigenvalue weighted by Gasteiger charge is -2.22. The van der Waals surface area contributed by atoms with E-state index in [9.17, 15) is 13.2 Å². The van der Waals surface area contributed by atoms with E-state index in [0.29, 0.717) is 18.2 Å². The summed E-state index contributed by atoms with van der Waals surface area (Å²) in [5.74, 6) is -0.506. The summed E-state index contributed by atoms with van der Waals surface area (Å²) in [5, 5.41) is -0.488. The molecule has 0 saturated carbocycles. The van der Waals surface area contributed by atoms with E-state index in [1.807, 2.05) is 6.07 Å². The summed E-state index contributed by atoms with van der Waals surface area (Å²) in [6.07, 6.45) is 1.32. The zero-order chi connectivity index (χ0) is 17.0. The van der Waals surface area contributed by atoms with Gasteiger partial charge in [-0.2, -0.15) is 0 Å². The number of carbonyl (C=O) groups excluding carboxylic acids is 1. The molecule has 0 aromatic heterocycles. The molecule has 7 heteroatoms. The van der Waals surface area contributed by atoms with E-state index in [4.69, 9.17) is 16.3 Å². The number of benzene rings is 1. The van der Waals surface area contributed by atoms with Crippen LogP contribution in [-0.4, -0.2) is 50.0 Å². The number of halogens is 1. The topological polar surface area (TPSA) is 63.7 Å². The lowest BCUT2D eigenvalue weighted by atomic mass is 10.2. The molecule has 5 nitrogen and oxygen atoms in total. The van der Waals surface area contributed by atoms with E-state index in [0.717, 1.165) is 18.4 Å². The van der Waals surface area contributed by atoms with Crippen molar-refractivity contribution in [3.8, 4) is 0 Å². The zero-order valence-electron chi connectivity index (χ0n) is 13.4. The molecule has 0 radical (unpaired) electrons. The summed E-state index contributed by atoms with van der Waals surface area (Å²) in [7, 11) is -1.93. The van der Waals surface area contributed by atoms with E-state index in [2.05, 4.69) is 0 Å². The predicted molar refractivity (Wildman–Crippen MR) is 90.1 cm³/mol. The molecule has 1 aromatic rings. The van der Waals surface area contributed by atoms with E-state index in [-0.39, 0.29) is 11.9 Å². The maximum Gasteiger partial charge on any atom is 0.240 e. The Kier molecular flexibility index (Phi) is 6.06. The third-order valence-corrected chi connectivity index (χ3v) is 6.36. The molecule has 23 heavy (non-hydrogen) atoms. The highest BCUT2D eigenvalue weighted by Crippen LogP contribution is 2.18. The van der Waals surface area contributed by atoms with Gasteiger partial charge in [-0.3, -0.25) is 4.79 Å². The Morgan fingerprint density at radius 3 is 2.83 bits per heavy atom. The maximum absolute atomic E-state index is 12.4. The monoisotopic (exact) mass is 359 g/mol. The molecule has 1 aliphatic rings. The molecule has 1 fully saturated rings. The fraction of sp³-hybridized carbons (Fsp3) is 0.562. The molecule has 1 heterocycles. The molecule has 0 aliphatic carbocycles. The highest BCUT2D eigenvalue weighted by Gasteiger charge is 2.33. The molecule has 0 spiro atoms. The van der Waals surface area contributed by atoms with Gasteiger partial charge in [-0.15, -0.1) is 0 Å². The van der Waals surface area contributed by atoms with Gasteiger partial charge in [-0.05, 0) is 37.5 Å². The molecule has 1 aliphatic heterocycles. The summed E-state index contributed by atoms with van der Waals surface area (Å²) < 4.78 is 30.1. The van der Waals surface area contributed by atoms with E-state index in [1.165, 1.54) is 11.8 Å². The Hall–Kier alpha value is -1.11. The molecule has 1 amide bonds. The van der Waals surface area contributed by atoms with Crippen molar-refractivity contribution in [1.82, 2.24) is 4.90 Å². The minimum Gasteiger partial charge on any atom is -0.377 e. The number of ether oxygens (including phenoxy) is 1. The second kappa shape index (κ2) is 7.64. The number of sulfone groups is 1. The van der Waals surface area contributed by atoms with Gasteiger partial charge in [0.05, 0.1) is 11.9 Å². The lowest BCUT2D eigenvalue weighted by molar-refractivity contribution is -0.129. The van der Waals surface area contributed by atoms with Crippen LogP contribution in [0.25, 0.3) is 0 Å². The Labute approximate surface area is 142 Å². The molecular formula is C16H22ClNO4S. The van der Waals surface area contributed by atoms with E-state index < -0.39 is 21.0 Å². The van der Waals surface area contributed by atoms with Gasteiger partial charge < -0.3 is 9.64 Å². The average molecular weight is 360 g/mol. The first-order chi connectivity index (χ1) is 10.8. The van der Waals surface area contributed by atoms with Crippen LogP contribution in [0.5, 0.6) is 0 Å². The summed E-state index contributed by atoms with van der Waals surface area (Å²) in [6.45, 7) is 2.36. The highest BCUT2D eigenvalue weighted by molar-refractivity contribution is 7.92.